The smallest absolute Gasteiger partial charge is 0.247 e. The highest BCUT2D eigenvalue weighted by Crippen LogP contribution is 2.37. The van der Waals surface area contributed by atoms with Crippen LogP contribution in [0.4, 0.5) is 0 Å². The molecule has 234 valence electrons. The van der Waals surface area contributed by atoms with Gasteiger partial charge in [-0.25, -0.2) is 0 Å². The van der Waals surface area contributed by atoms with E-state index in [0.717, 1.165) is 38.8 Å². The Bertz CT molecular complexity index is 1090. The van der Waals surface area contributed by atoms with Gasteiger partial charge in [0.05, 0.1) is 43.1 Å². The number of carbonyl (C=O) groups is 2. The summed E-state index contributed by atoms with van der Waals surface area (Å²) in [4.78, 5) is 31.1. The van der Waals surface area contributed by atoms with Crippen molar-refractivity contribution in [3.63, 3.8) is 0 Å². The molecule has 1 saturated heterocycles. The van der Waals surface area contributed by atoms with Gasteiger partial charge in [-0.05, 0) is 65.1 Å². The summed E-state index contributed by atoms with van der Waals surface area (Å²) in [7, 11) is 1.50. The second kappa shape index (κ2) is 16.2. The van der Waals surface area contributed by atoms with Gasteiger partial charge in [-0.3, -0.25) is 14.5 Å². The van der Waals surface area contributed by atoms with Crippen molar-refractivity contribution in [3.8, 4) is 11.5 Å². The van der Waals surface area contributed by atoms with Crippen LogP contribution in [0.25, 0.3) is 0 Å². The zero-order chi connectivity index (χ0) is 30.1. The largest absolute Gasteiger partial charge is 0.493 e. The second-order valence-electron chi connectivity index (χ2n) is 11.2. The summed E-state index contributed by atoms with van der Waals surface area (Å²) in [5, 5.41) is 33.4. The highest BCUT2D eigenvalue weighted by molar-refractivity contribution is 14.1. The molecule has 1 heterocycles. The predicted octanol–water partition coefficient (Wildman–Crippen LogP) is 1.45. The Morgan fingerprint density at radius 1 is 1.19 bits per heavy atom. The zero-order valence-corrected chi connectivity index (χ0v) is 26.5. The molecule has 0 aromatic heterocycles. The second-order valence-corrected chi connectivity index (χ2v) is 12.3. The minimum Gasteiger partial charge on any atom is -0.493 e. The highest BCUT2D eigenvalue weighted by Gasteiger charge is 2.41. The summed E-state index contributed by atoms with van der Waals surface area (Å²) in [6.45, 7) is 3.61. The molecule has 11 nitrogen and oxygen atoms in total. The molecule has 4 N–H and O–H groups in total. The van der Waals surface area contributed by atoms with Crippen LogP contribution >= 0.6 is 22.6 Å². The van der Waals surface area contributed by atoms with Gasteiger partial charge in [0.15, 0.2) is 11.5 Å². The Kier molecular flexibility index (Phi) is 12.7. The van der Waals surface area contributed by atoms with E-state index in [9.17, 15) is 24.9 Å². The molecule has 12 heteroatoms. The first-order valence-electron chi connectivity index (χ1n) is 14.9. The number of benzene rings is 1. The molecule has 1 saturated carbocycles. The lowest BCUT2D eigenvalue weighted by molar-refractivity contribution is -0.140. The van der Waals surface area contributed by atoms with Crippen LogP contribution in [-0.4, -0.2) is 115 Å². The molecule has 42 heavy (non-hydrogen) atoms. The number of morpholine rings is 1. The predicted molar refractivity (Wildman–Crippen MR) is 164 cm³/mol. The van der Waals surface area contributed by atoms with Crippen molar-refractivity contribution in [1.82, 2.24) is 15.1 Å². The molecule has 1 aliphatic heterocycles. The molecule has 0 bridgehead atoms. The number of methoxy groups -OCH3 is 1. The SMILES string of the molecule is COc1cc(CO)cc(I)c1O[C@H]1C=C(C(=O)NCCO)C[C@@H](N(CCN2CCOCC2)C(=O)CC2CCCC2)[C@@H]1O. The van der Waals surface area contributed by atoms with E-state index in [0.29, 0.717) is 64.8 Å². The summed E-state index contributed by atoms with van der Waals surface area (Å²) in [5.74, 6) is 0.706. The summed E-state index contributed by atoms with van der Waals surface area (Å²) >= 11 is 2.09. The van der Waals surface area contributed by atoms with E-state index >= 15 is 0 Å². The fourth-order valence-corrected chi connectivity index (χ4v) is 6.82. The molecule has 2 aliphatic carbocycles. The first kappa shape index (κ1) is 32.9. The fraction of sp³-hybridized carbons (Fsp3) is 0.667. The van der Waals surface area contributed by atoms with Crippen molar-refractivity contribution >= 4 is 34.4 Å². The summed E-state index contributed by atoms with van der Waals surface area (Å²) in [6.07, 6.45) is 4.42. The number of carbonyl (C=O) groups excluding carboxylic acids is 2. The van der Waals surface area contributed by atoms with E-state index in [1.165, 1.54) is 7.11 Å². The lowest BCUT2D eigenvalue weighted by atomic mass is 9.87. The normalized spacial score (nSPS) is 23.4. The van der Waals surface area contributed by atoms with Crippen molar-refractivity contribution in [1.29, 1.82) is 0 Å². The number of nitrogens with one attached hydrogen (secondary N) is 1. The molecule has 1 aromatic rings. The van der Waals surface area contributed by atoms with Gasteiger partial charge in [-0.2, -0.15) is 0 Å². The number of amides is 2. The van der Waals surface area contributed by atoms with Gasteiger partial charge in [0.25, 0.3) is 0 Å². The zero-order valence-electron chi connectivity index (χ0n) is 24.3. The van der Waals surface area contributed by atoms with Crippen LogP contribution in [0.5, 0.6) is 11.5 Å². The van der Waals surface area contributed by atoms with Crippen LogP contribution in [0.3, 0.4) is 0 Å². The van der Waals surface area contributed by atoms with Crippen LogP contribution in [0.2, 0.25) is 0 Å². The third-order valence-electron chi connectivity index (χ3n) is 8.36. The average molecular weight is 702 g/mol. The third-order valence-corrected chi connectivity index (χ3v) is 9.16. The summed E-state index contributed by atoms with van der Waals surface area (Å²) in [6, 6.07) is 2.75. The molecule has 4 rings (SSSR count). The van der Waals surface area contributed by atoms with Crippen molar-refractivity contribution in [2.24, 2.45) is 5.92 Å². The number of hydrogen-bond donors (Lipinski definition) is 4. The maximum atomic E-state index is 13.9. The number of aliphatic hydroxyl groups excluding tert-OH is 3. The van der Waals surface area contributed by atoms with Gasteiger partial charge >= 0.3 is 0 Å². The van der Waals surface area contributed by atoms with Crippen LogP contribution in [0.15, 0.2) is 23.8 Å². The van der Waals surface area contributed by atoms with Gasteiger partial charge in [-0.1, -0.05) is 12.8 Å². The number of rotatable bonds is 13. The number of halogens is 1. The van der Waals surface area contributed by atoms with Gasteiger partial charge in [0.2, 0.25) is 11.8 Å². The first-order chi connectivity index (χ1) is 20.3. The van der Waals surface area contributed by atoms with Crippen molar-refractivity contribution in [2.75, 3.05) is 59.7 Å². The number of hydrogen-bond acceptors (Lipinski definition) is 9. The number of aliphatic hydroxyl groups is 3. The Morgan fingerprint density at radius 3 is 2.60 bits per heavy atom. The maximum Gasteiger partial charge on any atom is 0.247 e. The van der Waals surface area contributed by atoms with Crippen molar-refractivity contribution < 1.29 is 39.1 Å². The molecule has 1 aromatic carbocycles. The van der Waals surface area contributed by atoms with Crippen molar-refractivity contribution in [2.45, 2.75) is 63.4 Å². The van der Waals surface area contributed by atoms with Crippen LogP contribution in [0.1, 0.15) is 44.1 Å². The molecular formula is C30H44IN3O8. The van der Waals surface area contributed by atoms with Crippen LogP contribution in [-0.2, 0) is 20.9 Å². The van der Waals surface area contributed by atoms with E-state index in [-0.39, 0.29) is 38.0 Å². The van der Waals surface area contributed by atoms with E-state index in [4.69, 9.17) is 14.2 Å². The standard InChI is InChI=1S/C30H44IN3O8/c1-40-26-15-21(19-36)14-23(31)29(26)42-25-18-22(30(39)32-6-11-35)17-24(28(25)38)34(8-7-33-9-12-41-13-10-33)27(37)16-20-4-2-3-5-20/h14-15,18,20,24-25,28,35-36,38H,2-13,16-17,19H2,1H3,(H,32,39)/t24-,25+,28+/m1/s1. The molecule has 3 aliphatic rings. The van der Waals surface area contributed by atoms with Gasteiger partial charge in [0, 0.05) is 51.1 Å². The Balaban J connectivity index is 1.64. The van der Waals surface area contributed by atoms with Crippen LogP contribution < -0.4 is 14.8 Å². The van der Waals surface area contributed by atoms with Gasteiger partial charge in [0.1, 0.15) is 12.2 Å². The lowest BCUT2D eigenvalue weighted by Crippen LogP contribution is -2.57. The topological polar surface area (TPSA) is 141 Å². The number of ether oxygens (including phenoxy) is 3. The monoisotopic (exact) mass is 701 g/mol. The highest BCUT2D eigenvalue weighted by atomic mass is 127. The van der Waals surface area contributed by atoms with Crippen LogP contribution in [0, 0.1) is 9.49 Å². The molecule has 0 radical (unpaired) electrons. The van der Waals surface area contributed by atoms with Crippen molar-refractivity contribution in [3.05, 3.63) is 32.9 Å². The molecular weight excluding hydrogens is 657 g/mol. The quantitative estimate of drug-likeness (QED) is 0.225. The minimum absolute atomic E-state index is 0.0190. The van der Waals surface area contributed by atoms with Gasteiger partial charge < -0.3 is 39.7 Å². The molecule has 0 unspecified atom stereocenters. The number of nitrogens with zero attached hydrogens (tertiary/aromatic N) is 2. The van der Waals surface area contributed by atoms with E-state index in [2.05, 4.69) is 32.8 Å². The summed E-state index contributed by atoms with van der Waals surface area (Å²) < 4.78 is 18.1. The molecule has 3 atom stereocenters. The Labute approximate surface area is 261 Å². The van der Waals surface area contributed by atoms with E-state index in [1.54, 1.807) is 23.1 Å². The van der Waals surface area contributed by atoms with E-state index in [1.807, 2.05) is 0 Å². The van der Waals surface area contributed by atoms with Gasteiger partial charge in [-0.15, -0.1) is 0 Å². The fourth-order valence-electron chi connectivity index (χ4n) is 6.02. The van der Waals surface area contributed by atoms with E-state index < -0.39 is 18.2 Å². The minimum atomic E-state index is -1.12. The third kappa shape index (κ3) is 8.56. The Morgan fingerprint density at radius 2 is 1.93 bits per heavy atom. The Hall–Kier alpha value is -1.97. The molecule has 0 spiro atoms. The maximum absolute atomic E-state index is 13.9. The average Bonchev–Trinajstić information content (AvgIpc) is 3.51. The first-order valence-corrected chi connectivity index (χ1v) is 15.9. The molecule has 2 fully saturated rings. The summed E-state index contributed by atoms with van der Waals surface area (Å²) in [5.41, 5.74) is 1.03. The molecule has 2 amide bonds. The lowest BCUT2D eigenvalue weighted by Gasteiger charge is -2.42.